The third-order valence-electron chi connectivity index (χ3n) is 2.35. The summed E-state index contributed by atoms with van der Waals surface area (Å²) in [6.07, 6.45) is 2.25. The number of nitrogens with zero attached hydrogens (tertiary/aromatic N) is 3. The molecule has 4 nitrogen and oxygen atoms in total. The molecule has 0 radical (unpaired) electrons. The van der Waals surface area contributed by atoms with E-state index in [2.05, 4.69) is 10.3 Å². The van der Waals surface area contributed by atoms with Gasteiger partial charge in [0.2, 0.25) is 0 Å². The highest BCUT2D eigenvalue weighted by Crippen LogP contribution is 2.23. The summed E-state index contributed by atoms with van der Waals surface area (Å²) < 4.78 is 28.4. The van der Waals surface area contributed by atoms with Gasteiger partial charge in [0.05, 0.1) is 11.8 Å². The van der Waals surface area contributed by atoms with Crippen LogP contribution in [0.1, 0.15) is 6.42 Å². The Bertz CT molecular complexity index is 490. The van der Waals surface area contributed by atoms with Crippen LogP contribution in [0, 0.1) is 11.6 Å². The van der Waals surface area contributed by atoms with Crippen molar-refractivity contribution >= 4 is 0 Å². The Kier molecular flexibility index (Phi) is 3.43. The zero-order chi connectivity index (χ0) is 12.3. The molecule has 0 saturated carbocycles. The van der Waals surface area contributed by atoms with Gasteiger partial charge < -0.3 is 5.73 Å². The van der Waals surface area contributed by atoms with Gasteiger partial charge in [-0.3, -0.25) is 4.68 Å². The number of nitrogens with two attached hydrogens (primary N) is 1. The molecular weight excluding hydrogens is 226 g/mol. The van der Waals surface area contributed by atoms with Gasteiger partial charge in [-0.15, -0.1) is 5.10 Å². The van der Waals surface area contributed by atoms with E-state index in [-0.39, 0.29) is 11.3 Å². The maximum atomic E-state index is 13.5. The van der Waals surface area contributed by atoms with Crippen LogP contribution in [0.15, 0.2) is 24.4 Å². The van der Waals surface area contributed by atoms with E-state index in [4.69, 9.17) is 5.73 Å². The second kappa shape index (κ2) is 5.01. The molecule has 0 bridgehead atoms. The van der Waals surface area contributed by atoms with Crippen LogP contribution in [-0.2, 0) is 6.54 Å². The molecule has 0 atom stereocenters. The van der Waals surface area contributed by atoms with Crippen molar-refractivity contribution in [3.63, 3.8) is 0 Å². The van der Waals surface area contributed by atoms with Crippen molar-refractivity contribution in [1.82, 2.24) is 15.0 Å². The Morgan fingerprint density at radius 3 is 2.59 bits per heavy atom. The third-order valence-corrected chi connectivity index (χ3v) is 2.35. The standard InChI is InChI=1S/C11H12F2N4/c12-8-3-1-4-9(13)11(8)10-7-17(16-15-10)6-2-5-14/h1,3-4,7H,2,5-6,14H2. The zero-order valence-electron chi connectivity index (χ0n) is 9.11. The van der Waals surface area contributed by atoms with Crippen molar-refractivity contribution in [3.8, 4) is 11.3 Å². The van der Waals surface area contributed by atoms with Gasteiger partial charge in [0.1, 0.15) is 17.3 Å². The number of aryl methyl sites for hydroxylation is 1. The maximum Gasteiger partial charge on any atom is 0.135 e. The van der Waals surface area contributed by atoms with Gasteiger partial charge in [-0.25, -0.2) is 8.78 Å². The van der Waals surface area contributed by atoms with Crippen LogP contribution in [0.3, 0.4) is 0 Å². The molecule has 0 saturated heterocycles. The van der Waals surface area contributed by atoms with Gasteiger partial charge in [0.25, 0.3) is 0 Å². The van der Waals surface area contributed by atoms with E-state index in [0.717, 1.165) is 6.42 Å². The summed E-state index contributed by atoms with van der Waals surface area (Å²) in [5, 5.41) is 7.54. The van der Waals surface area contributed by atoms with Crippen molar-refractivity contribution in [2.45, 2.75) is 13.0 Å². The average molecular weight is 238 g/mol. The lowest BCUT2D eigenvalue weighted by Crippen LogP contribution is -2.06. The average Bonchev–Trinajstić information content (AvgIpc) is 2.75. The second-order valence-electron chi connectivity index (χ2n) is 3.61. The molecule has 1 heterocycles. The number of hydrogen-bond donors (Lipinski definition) is 1. The third kappa shape index (κ3) is 2.47. The molecule has 0 aliphatic carbocycles. The van der Waals surface area contributed by atoms with Gasteiger partial charge >= 0.3 is 0 Å². The number of aromatic nitrogens is 3. The quantitative estimate of drug-likeness (QED) is 0.879. The topological polar surface area (TPSA) is 56.7 Å². The van der Waals surface area contributed by atoms with Crippen molar-refractivity contribution in [2.24, 2.45) is 5.73 Å². The Morgan fingerprint density at radius 1 is 1.24 bits per heavy atom. The molecule has 0 aliphatic heterocycles. The molecule has 90 valence electrons. The summed E-state index contributed by atoms with van der Waals surface area (Å²) in [5.41, 5.74) is 5.41. The Labute approximate surface area is 97.0 Å². The van der Waals surface area contributed by atoms with Gasteiger partial charge in [0.15, 0.2) is 0 Å². The predicted molar refractivity (Wildman–Crippen MR) is 59.0 cm³/mol. The van der Waals surface area contributed by atoms with Crippen molar-refractivity contribution < 1.29 is 8.78 Å². The van der Waals surface area contributed by atoms with E-state index in [1.54, 1.807) is 0 Å². The fraction of sp³-hybridized carbons (Fsp3) is 0.273. The molecule has 2 rings (SSSR count). The summed E-state index contributed by atoms with van der Waals surface area (Å²) in [7, 11) is 0. The molecule has 1 aromatic heterocycles. The molecule has 2 aromatic rings. The summed E-state index contributed by atoms with van der Waals surface area (Å²) >= 11 is 0. The first-order valence-corrected chi connectivity index (χ1v) is 5.27. The van der Waals surface area contributed by atoms with Gasteiger partial charge in [-0.05, 0) is 25.1 Å². The first-order chi connectivity index (χ1) is 8.22. The molecule has 0 unspecified atom stereocenters. The van der Waals surface area contributed by atoms with Crippen LogP contribution in [0.4, 0.5) is 8.78 Å². The lowest BCUT2D eigenvalue weighted by atomic mass is 10.1. The summed E-state index contributed by atoms with van der Waals surface area (Å²) in [4.78, 5) is 0. The van der Waals surface area contributed by atoms with E-state index in [9.17, 15) is 8.78 Å². The summed E-state index contributed by atoms with van der Waals surface area (Å²) in [6, 6.07) is 3.70. The fourth-order valence-corrected chi connectivity index (χ4v) is 1.52. The number of rotatable bonds is 4. The number of hydrogen-bond acceptors (Lipinski definition) is 3. The largest absolute Gasteiger partial charge is 0.330 e. The first kappa shape index (κ1) is 11.7. The van der Waals surface area contributed by atoms with Crippen LogP contribution < -0.4 is 5.73 Å². The van der Waals surface area contributed by atoms with E-state index in [1.807, 2.05) is 0 Å². The highest BCUT2D eigenvalue weighted by Gasteiger charge is 2.14. The Morgan fingerprint density at radius 2 is 1.94 bits per heavy atom. The lowest BCUT2D eigenvalue weighted by molar-refractivity contribution is 0.564. The molecular formula is C11H12F2N4. The first-order valence-electron chi connectivity index (χ1n) is 5.27. The monoisotopic (exact) mass is 238 g/mol. The highest BCUT2D eigenvalue weighted by atomic mass is 19.1. The predicted octanol–water partition coefficient (Wildman–Crippen LogP) is 1.57. The SMILES string of the molecule is NCCCn1cc(-c2c(F)cccc2F)nn1. The molecule has 0 amide bonds. The van der Waals surface area contributed by atoms with Crippen molar-refractivity contribution in [3.05, 3.63) is 36.0 Å². The normalized spacial score (nSPS) is 10.8. The van der Waals surface area contributed by atoms with Crippen LogP contribution in [0.2, 0.25) is 0 Å². The molecule has 6 heteroatoms. The molecule has 0 aliphatic rings. The lowest BCUT2D eigenvalue weighted by Gasteiger charge is -1.99. The molecule has 2 N–H and O–H groups in total. The second-order valence-corrected chi connectivity index (χ2v) is 3.61. The van der Waals surface area contributed by atoms with Crippen LogP contribution in [0.5, 0.6) is 0 Å². The van der Waals surface area contributed by atoms with E-state index < -0.39 is 11.6 Å². The maximum absolute atomic E-state index is 13.5. The van der Waals surface area contributed by atoms with Crippen molar-refractivity contribution in [1.29, 1.82) is 0 Å². The van der Waals surface area contributed by atoms with Crippen LogP contribution in [0.25, 0.3) is 11.3 Å². The molecule has 0 spiro atoms. The smallest absolute Gasteiger partial charge is 0.135 e. The van der Waals surface area contributed by atoms with Gasteiger partial charge in [-0.1, -0.05) is 11.3 Å². The summed E-state index contributed by atoms with van der Waals surface area (Å²) in [6.45, 7) is 1.11. The Balaban J connectivity index is 2.30. The van der Waals surface area contributed by atoms with Crippen molar-refractivity contribution in [2.75, 3.05) is 6.54 Å². The minimum absolute atomic E-state index is 0.147. The Hall–Kier alpha value is -1.82. The number of benzene rings is 1. The van der Waals surface area contributed by atoms with E-state index in [0.29, 0.717) is 13.1 Å². The molecule has 1 aromatic carbocycles. The van der Waals surface area contributed by atoms with E-state index in [1.165, 1.54) is 29.1 Å². The minimum Gasteiger partial charge on any atom is -0.330 e. The highest BCUT2D eigenvalue weighted by molar-refractivity contribution is 5.59. The van der Waals surface area contributed by atoms with Gasteiger partial charge in [-0.2, -0.15) is 0 Å². The van der Waals surface area contributed by atoms with Gasteiger partial charge in [0, 0.05) is 6.54 Å². The molecule has 17 heavy (non-hydrogen) atoms. The van der Waals surface area contributed by atoms with Crippen LogP contribution >= 0.6 is 0 Å². The van der Waals surface area contributed by atoms with E-state index >= 15 is 0 Å². The fourth-order valence-electron chi connectivity index (χ4n) is 1.52. The zero-order valence-corrected chi connectivity index (χ0v) is 9.11. The number of halogens is 2. The van der Waals surface area contributed by atoms with Crippen LogP contribution in [-0.4, -0.2) is 21.5 Å². The molecule has 0 fully saturated rings. The minimum atomic E-state index is -0.643. The summed E-state index contributed by atoms with van der Waals surface area (Å²) in [5.74, 6) is -1.29.